The quantitative estimate of drug-likeness (QED) is 0.559. The highest BCUT2D eigenvalue weighted by Crippen LogP contribution is 2.20. The van der Waals surface area contributed by atoms with Crippen LogP contribution in [0.15, 0.2) is 47.4 Å². The first-order valence-electron chi connectivity index (χ1n) is 4.71. The van der Waals surface area contributed by atoms with Crippen LogP contribution in [0.5, 0.6) is 0 Å². The zero-order valence-corrected chi connectivity index (χ0v) is 7.90. The summed E-state index contributed by atoms with van der Waals surface area (Å²) in [6.07, 6.45) is 1.31. The number of nitrogens with one attached hydrogen (secondary N) is 1. The van der Waals surface area contributed by atoms with E-state index in [4.69, 9.17) is 0 Å². The zero-order valence-electron chi connectivity index (χ0n) is 7.90. The Kier molecular flexibility index (Phi) is 1.59. The molecule has 2 aromatic carbocycles. The monoisotopic (exact) mass is 196 g/mol. The summed E-state index contributed by atoms with van der Waals surface area (Å²) in [5, 5.41) is 2.19. The molecule has 3 rings (SSSR count). The summed E-state index contributed by atoms with van der Waals surface area (Å²) in [7, 11) is 0. The maximum absolute atomic E-state index is 11.1. The summed E-state index contributed by atoms with van der Waals surface area (Å²) >= 11 is 0. The van der Waals surface area contributed by atoms with Crippen LogP contribution in [0, 0.1) is 0 Å². The third-order valence-electron chi connectivity index (χ3n) is 2.47. The Morgan fingerprint density at radius 2 is 1.93 bits per heavy atom. The number of rotatable bonds is 0. The third-order valence-corrected chi connectivity index (χ3v) is 2.47. The lowest BCUT2D eigenvalue weighted by Gasteiger charge is -2.01. The van der Waals surface area contributed by atoms with E-state index < -0.39 is 0 Å². The molecule has 0 aliphatic heterocycles. The van der Waals surface area contributed by atoms with Crippen LogP contribution in [0.2, 0.25) is 0 Å². The summed E-state index contributed by atoms with van der Waals surface area (Å²) in [5.41, 5.74) is 1.45. The van der Waals surface area contributed by atoms with Gasteiger partial charge in [-0.1, -0.05) is 30.3 Å². The van der Waals surface area contributed by atoms with Gasteiger partial charge in [-0.05, 0) is 11.5 Å². The molecular weight excluding hydrogens is 188 g/mol. The maximum Gasteiger partial charge on any atom is 0.266 e. The maximum atomic E-state index is 11.1. The Morgan fingerprint density at radius 3 is 2.87 bits per heavy atom. The first kappa shape index (κ1) is 8.17. The normalized spacial score (nSPS) is 10.9. The number of hydrogen-bond acceptors (Lipinski definition) is 2. The molecule has 15 heavy (non-hydrogen) atoms. The largest absolute Gasteiger partial charge is 0.319 e. The Hall–Kier alpha value is -2.16. The van der Waals surface area contributed by atoms with Gasteiger partial charge in [0.1, 0.15) is 0 Å². The molecule has 3 nitrogen and oxygen atoms in total. The van der Waals surface area contributed by atoms with E-state index in [0.717, 1.165) is 21.8 Å². The van der Waals surface area contributed by atoms with Crippen LogP contribution in [0.4, 0.5) is 0 Å². The van der Waals surface area contributed by atoms with E-state index in [9.17, 15) is 4.79 Å². The smallest absolute Gasteiger partial charge is 0.266 e. The van der Waals surface area contributed by atoms with Gasteiger partial charge in [0.15, 0.2) is 0 Å². The number of fused-ring (bicyclic) bond motifs is 3. The van der Waals surface area contributed by atoms with Gasteiger partial charge in [-0.15, -0.1) is 0 Å². The standard InChI is InChI=1S/C12H8N2O/c15-11-7-13-12-9-4-2-1-3-8(9)5-6-10(12)14-11/h1-7H,(H,14,15). The minimum absolute atomic E-state index is 0.169. The average Bonchev–Trinajstić information content (AvgIpc) is 2.28. The highest BCUT2D eigenvalue weighted by molar-refractivity contribution is 6.03. The summed E-state index contributed by atoms with van der Waals surface area (Å²) in [4.78, 5) is 18.0. The molecule has 0 aliphatic carbocycles. The van der Waals surface area contributed by atoms with Gasteiger partial charge in [0.25, 0.3) is 5.56 Å². The van der Waals surface area contributed by atoms with Crippen LogP contribution >= 0.6 is 0 Å². The molecule has 3 heteroatoms. The molecule has 0 unspecified atom stereocenters. The molecular formula is C12H8N2O. The third kappa shape index (κ3) is 1.21. The van der Waals surface area contributed by atoms with Gasteiger partial charge in [-0.25, -0.2) is 4.98 Å². The minimum atomic E-state index is -0.169. The van der Waals surface area contributed by atoms with Crippen molar-refractivity contribution in [3.8, 4) is 0 Å². The summed E-state index contributed by atoms with van der Waals surface area (Å²) < 4.78 is 0. The molecule has 0 spiro atoms. The van der Waals surface area contributed by atoms with Crippen molar-refractivity contribution in [1.29, 1.82) is 0 Å². The molecule has 72 valence electrons. The van der Waals surface area contributed by atoms with Gasteiger partial charge in [0.05, 0.1) is 17.2 Å². The van der Waals surface area contributed by atoms with E-state index in [-0.39, 0.29) is 5.56 Å². The Bertz CT molecular complexity index is 700. The van der Waals surface area contributed by atoms with Crippen LogP contribution < -0.4 is 5.56 Å². The van der Waals surface area contributed by atoms with Crippen molar-refractivity contribution in [2.75, 3.05) is 0 Å². The molecule has 1 aromatic heterocycles. The molecule has 0 bridgehead atoms. The molecule has 0 aliphatic rings. The van der Waals surface area contributed by atoms with Crippen molar-refractivity contribution in [3.05, 3.63) is 52.9 Å². The number of H-pyrrole nitrogens is 1. The molecule has 0 atom stereocenters. The highest BCUT2D eigenvalue weighted by Gasteiger charge is 2.00. The predicted molar refractivity (Wildman–Crippen MR) is 59.9 cm³/mol. The molecule has 1 heterocycles. The molecule has 0 amide bonds. The minimum Gasteiger partial charge on any atom is -0.319 e. The zero-order chi connectivity index (χ0) is 10.3. The lowest BCUT2D eigenvalue weighted by Crippen LogP contribution is -2.04. The van der Waals surface area contributed by atoms with Crippen molar-refractivity contribution in [3.63, 3.8) is 0 Å². The molecule has 0 fully saturated rings. The fourth-order valence-corrected chi connectivity index (χ4v) is 1.78. The summed E-state index contributed by atoms with van der Waals surface area (Å²) in [6, 6.07) is 11.8. The van der Waals surface area contributed by atoms with Gasteiger partial charge in [-0.2, -0.15) is 0 Å². The predicted octanol–water partition coefficient (Wildman–Crippen LogP) is 2.08. The van der Waals surface area contributed by atoms with E-state index in [1.807, 2.05) is 36.4 Å². The Labute approximate surface area is 85.4 Å². The molecule has 0 radical (unpaired) electrons. The van der Waals surface area contributed by atoms with Crippen molar-refractivity contribution < 1.29 is 0 Å². The first-order chi connectivity index (χ1) is 7.34. The van der Waals surface area contributed by atoms with Gasteiger partial charge < -0.3 is 4.98 Å². The van der Waals surface area contributed by atoms with Gasteiger partial charge in [0, 0.05) is 5.39 Å². The first-order valence-corrected chi connectivity index (χ1v) is 4.71. The van der Waals surface area contributed by atoms with Crippen molar-refractivity contribution in [1.82, 2.24) is 9.97 Å². The van der Waals surface area contributed by atoms with Crippen molar-refractivity contribution >= 4 is 21.8 Å². The number of benzene rings is 2. The fourth-order valence-electron chi connectivity index (χ4n) is 1.78. The van der Waals surface area contributed by atoms with E-state index in [1.54, 1.807) is 0 Å². The number of aromatic amines is 1. The van der Waals surface area contributed by atoms with Crippen LogP contribution in [0.3, 0.4) is 0 Å². The van der Waals surface area contributed by atoms with E-state index in [2.05, 4.69) is 9.97 Å². The fraction of sp³-hybridized carbons (Fsp3) is 0. The lowest BCUT2D eigenvalue weighted by molar-refractivity contribution is 1.22. The second-order valence-electron chi connectivity index (χ2n) is 3.43. The number of aromatic nitrogens is 2. The van der Waals surface area contributed by atoms with Crippen LogP contribution in [-0.2, 0) is 0 Å². The number of nitrogens with zero attached hydrogens (tertiary/aromatic N) is 1. The van der Waals surface area contributed by atoms with E-state index in [0.29, 0.717) is 0 Å². The molecule has 0 saturated carbocycles. The topological polar surface area (TPSA) is 45.8 Å². The van der Waals surface area contributed by atoms with Gasteiger partial charge in [-0.3, -0.25) is 4.79 Å². The Morgan fingerprint density at radius 1 is 1.07 bits per heavy atom. The van der Waals surface area contributed by atoms with Crippen molar-refractivity contribution in [2.45, 2.75) is 0 Å². The van der Waals surface area contributed by atoms with Gasteiger partial charge in [0.2, 0.25) is 0 Å². The second kappa shape index (κ2) is 2.92. The summed E-state index contributed by atoms with van der Waals surface area (Å²) in [6.45, 7) is 0. The van der Waals surface area contributed by atoms with Crippen LogP contribution in [-0.4, -0.2) is 9.97 Å². The molecule has 1 N–H and O–H groups in total. The molecule has 3 aromatic rings. The van der Waals surface area contributed by atoms with Crippen LogP contribution in [0.1, 0.15) is 0 Å². The average molecular weight is 196 g/mol. The Balaban J connectivity index is 2.60. The van der Waals surface area contributed by atoms with Crippen molar-refractivity contribution in [2.24, 2.45) is 0 Å². The van der Waals surface area contributed by atoms with Gasteiger partial charge >= 0.3 is 0 Å². The highest BCUT2D eigenvalue weighted by atomic mass is 16.1. The van der Waals surface area contributed by atoms with Crippen LogP contribution in [0.25, 0.3) is 21.8 Å². The summed E-state index contributed by atoms with van der Waals surface area (Å²) in [5.74, 6) is 0. The van der Waals surface area contributed by atoms with E-state index in [1.165, 1.54) is 6.20 Å². The lowest BCUT2D eigenvalue weighted by atomic mass is 10.1. The number of hydrogen-bond donors (Lipinski definition) is 1. The second-order valence-corrected chi connectivity index (χ2v) is 3.43. The molecule has 0 saturated heterocycles. The van der Waals surface area contributed by atoms with E-state index >= 15 is 0 Å². The SMILES string of the molecule is O=c1cnc2c(ccc3ccccc32)[nH]1.